The smallest absolute Gasteiger partial charge is 0.287 e. The van der Waals surface area contributed by atoms with Crippen molar-refractivity contribution in [2.45, 2.75) is 66.0 Å². The lowest BCUT2D eigenvalue weighted by Gasteiger charge is -2.35. The fraction of sp³-hybridized carbons (Fsp3) is 0.367. The average molecular weight is 504 g/mol. The summed E-state index contributed by atoms with van der Waals surface area (Å²) >= 11 is 0. The Bertz CT molecular complexity index is 1240. The summed E-state index contributed by atoms with van der Waals surface area (Å²) in [6.45, 7) is 13.5. The van der Waals surface area contributed by atoms with Crippen LogP contribution in [-0.2, 0) is 9.59 Å². The zero-order valence-corrected chi connectivity index (χ0v) is 22.7. The fourth-order valence-corrected chi connectivity index (χ4v) is 4.07. The van der Waals surface area contributed by atoms with Crippen molar-refractivity contribution in [3.63, 3.8) is 0 Å². The number of benzene rings is 2. The number of furan rings is 1. The Labute approximate surface area is 219 Å². The van der Waals surface area contributed by atoms with Crippen molar-refractivity contribution in [3.05, 3.63) is 88.9 Å². The Kier molecular flexibility index (Phi) is 8.58. The van der Waals surface area contributed by atoms with Gasteiger partial charge in [-0.25, -0.2) is 0 Å². The zero-order chi connectivity index (χ0) is 27.3. The summed E-state index contributed by atoms with van der Waals surface area (Å²) in [5, 5.41) is 5.68. The maximum Gasteiger partial charge on any atom is 0.287 e. The largest absolute Gasteiger partial charge is 0.459 e. The van der Waals surface area contributed by atoms with Gasteiger partial charge in [-0.15, -0.1) is 0 Å². The van der Waals surface area contributed by atoms with Gasteiger partial charge >= 0.3 is 0 Å². The first-order valence-corrected chi connectivity index (χ1v) is 12.5. The molecular weight excluding hydrogens is 466 g/mol. The molecule has 2 N–H and O–H groups in total. The van der Waals surface area contributed by atoms with E-state index in [4.69, 9.17) is 4.42 Å². The van der Waals surface area contributed by atoms with Crippen LogP contribution in [0.5, 0.6) is 0 Å². The van der Waals surface area contributed by atoms with Gasteiger partial charge in [-0.1, -0.05) is 50.2 Å². The molecule has 0 aliphatic heterocycles. The molecule has 0 aliphatic carbocycles. The molecule has 0 bridgehead atoms. The molecule has 37 heavy (non-hydrogen) atoms. The third kappa shape index (κ3) is 6.88. The van der Waals surface area contributed by atoms with Gasteiger partial charge in [0.2, 0.25) is 11.8 Å². The minimum absolute atomic E-state index is 0.109. The summed E-state index contributed by atoms with van der Waals surface area (Å²) < 4.78 is 5.15. The van der Waals surface area contributed by atoms with Crippen LogP contribution in [0.15, 0.2) is 65.3 Å². The third-order valence-corrected chi connectivity index (χ3v) is 6.17. The van der Waals surface area contributed by atoms with Gasteiger partial charge in [-0.2, -0.15) is 0 Å². The van der Waals surface area contributed by atoms with Crippen LogP contribution in [0.4, 0.5) is 5.69 Å². The summed E-state index contributed by atoms with van der Waals surface area (Å²) in [7, 11) is 0. The van der Waals surface area contributed by atoms with Crippen LogP contribution in [0.25, 0.3) is 0 Å². The van der Waals surface area contributed by atoms with Gasteiger partial charge in [0.05, 0.1) is 12.8 Å². The summed E-state index contributed by atoms with van der Waals surface area (Å²) in [6, 6.07) is 15.6. The first-order chi connectivity index (χ1) is 17.4. The lowest BCUT2D eigenvalue weighted by atomic mass is 9.95. The van der Waals surface area contributed by atoms with Gasteiger partial charge < -0.3 is 15.1 Å². The molecular formula is C30H37N3O4. The van der Waals surface area contributed by atoms with Crippen LogP contribution in [0.1, 0.15) is 79.4 Å². The number of nitrogens with one attached hydrogen (secondary N) is 2. The number of aryl methyl sites for hydroxylation is 1. The maximum absolute atomic E-state index is 13.8. The molecule has 7 heteroatoms. The Hall–Kier alpha value is -3.87. The molecule has 0 fully saturated rings. The SMILES string of the molecule is Cc1cccc(N(C(=O)CNC(=O)c2ccco2)C(C(=O)NC(C)(C)C)c2ccc(C(C)C)cc2)c1C. The predicted molar refractivity (Wildman–Crippen MR) is 146 cm³/mol. The van der Waals surface area contributed by atoms with Crippen molar-refractivity contribution in [2.75, 3.05) is 11.4 Å². The van der Waals surface area contributed by atoms with E-state index in [9.17, 15) is 14.4 Å². The number of hydrogen-bond acceptors (Lipinski definition) is 4. The van der Waals surface area contributed by atoms with Gasteiger partial charge in [-0.3, -0.25) is 19.3 Å². The van der Waals surface area contributed by atoms with E-state index in [0.29, 0.717) is 17.2 Å². The van der Waals surface area contributed by atoms with Crippen LogP contribution in [0.3, 0.4) is 0 Å². The minimum Gasteiger partial charge on any atom is -0.459 e. The minimum atomic E-state index is -0.950. The molecule has 1 heterocycles. The second-order valence-electron chi connectivity index (χ2n) is 10.6. The van der Waals surface area contributed by atoms with Gasteiger partial charge in [0.1, 0.15) is 6.04 Å². The second-order valence-corrected chi connectivity index (χ2v) is 10.6. The first kappa shape index (κ1) is 27.7. The third-order valence-electron chi connectivity index (χ3n) is 6.17. The summed E-state index contributed by atoms with van der Waals surface area (Å²) in [5.74, 6) is -0.801. The molecule has 2 aromatic carbocycles. The highest BCUT2D eigenvalue weighted by Crippen LogP contribution is 2.33. The molecule has 0 spiro atoms. The second kappa shape index (κ2) is 11.5. The standard InChI is InChI=1S/C30H37N3O4/c1-19(2)22-13-15-23(16-14-22)27(29(36)32-30(5,6)7)33(24-11-8-10-20(3)21(24)4)26(34)18-31-28(35)25-12-9-17-37-25/h8-17,19,27H,18H2,1-7H3,(H,31,35)(H,32,36). The molecule has 7 nitrogen and oxygen atoms in total. The lowest BCUT2D eigenvalue weighted by Crippen LogP contribution is -2.51. The molecule has 1 unspecified atom stereocenters. The molecule has 0 saturated heterocycles. The monoisotopic (exact) mass is 503 g/mol. The van der Waals surface area contributed by atoms with Gasteiger partial charge in [0.15, 0.2) is 5.76 Å². The van der Waals surface area contributed by atoms with E-state index in [-0.39, 0.29) is 18.2 Å². The van der Waals surface area contributed by atoms with E-state index < -0.39 is 23.4 Å². The molecule has 0 radical (unpaired) electrons. The van der Waals surface area contributed by atoms with E-state index in [0.717, 1.165) is 16.7 Å². The molecule has 1 atom stereocenters. The van der Waals surface area contributed by atoms with Crippen molar-refractivity contribution >= 4 is 23.4 Å². The van der Waals surface area contributed by atoms with E-state index in [1.807, 2.05) is 77.1 Å². The Morgan fingerprint density at radius 2 is 1.57 bits per heavy atom. The van der Waals surface area contributed by atoms with E-state index in [2.05, 4.69) is 24.5 Å². The Balaban J connectivity index is 2.09. The number of rotatable bonds is 8. The van der Waals surface area contributed by atoms with Crippen molar-refractivity contribution in [3.8, 4) is 0 Å². The normalized spacial score (nSPS) is 12.2. The topological polar surface area (TPSA) is 91.7 Å². The van der Waals surface area contributed by atoms with E-state index in [1.165, 1.54) is 17.2 Å². The van der Waals surface area contributed by atoms with Crippen molar-refractivity contribution in [2.24, 2.45) is 0 Å². The number of anilines is 1. The molecule has 3 aromatic rings. The highest BCUT2D eigenvalue weighted by atomic mass is 16.3. The Morgan fingerprint density at radius 1 is 0.919 bits per heavy atom. The first-order valence-electron chi connectivity index (χ1n) is 12.5. The highest BCUT2D eigenvalue weighted by Gasteiger charge is 2.35. The number of hydrogen-bond donors (Lipinski definition) is 2. The van der Waals surface area contributed by atoms with Crippen LogP contribution in [0.2, 0.25) is 0 Å². The zero-order valence-electron chi connectivity index (χ0n) is 22.7. The average Bonchev–Trinajstić information content (AvgIpc) is 3.37. The van der Waals surface area contributed by atoms with Gasteiger partial charge in [0, 0.05) is 11.2 Å². The number of carbonyl (C=O) groups excluding carboxylic acids is 3. The van der Waals surface area contributed by atoms with Crippen molar-refractivity contribution < 1.29 is 18.8 Å². The molecule has 3 amide bonds. The molecule has 0 saturated carbocycles. The lowest BCUT2D eigenvalue weighted by molar-refractivity contribution is -0.127. The molecule has 3 rings (SSSR count). The summed E-state index contributed by atoms with van der Waals surface area (Å²) in [6.07, 6.45) is 1.40. The number of nitrogens with zero attached hydrogens (tertiary/aromatic N) is 1. The highest BCUT2D eigenvalue weighted by molar-refractivity contribution is 6.04. The van der Waals surface area contributed by atoms with Crippen LogP contribution >= 0.6 is 0 Å². The van der Waals surface area contributed by atoms with Gasteiger partial charge in [-0.05, 0) is 81.0 Å². The van der Waals surface area contributed by atoms with Gasteiger partial charge in [0.25, 0.3) is 5.91 Å². The van der Waals surface area contributed by atoms with Crippen LogP contribution in [-0.4, -0.2) is 29.8 Å². The van der Waals surface area contributed by atoms with E-state index >= 15 is 0 Å². The van der Waals surface area contributed by atoms with E-state index in [1.54, 1.807) is 6.07 Å². The number of carbonyl (C=O) groups is 3. The Morgan fingerprint density at radius 3 is 2.14 bits per heavy atom. The molecule has 0 aliphatic rings. The summed E-state index contributed by atoms with van der Waals surface area (Å²) in [4.78, 5) is 41.6. The van der Waals surface area contributed by atoms with Crippen LogP contribution < -0.4 is 15.5 Å². The fourth-order valence-electron chi connectivity index (χ4n) is 4.07. The van der Waals surface area contributed by atoms with Crippen molar-refractivity contribution in [1.29, 1.82) is 0 Å². The summed E-state index contributed by atoms with van der Waals surface area (Å²) in [5.41, 5.74) is 3.77. The van der Waals surface area contributed by atoms with Crippen molar-refractivity contribution in [1.82, 2.24) is 10.6 Å². The molecule has 1 aromatic heterocycles. The number of amides is 3. The predicted octanol–water partition coefficient (Wildman–Crippen LogP) is 5.44. The quantitative estimate of drug-likeness (QED) is 0.428. The molecule has 196 valence electrons. The van der Waals surface area contributed by atoms with Crippen LogP contribution in [0, 0.1) is 13.8 Å². The maximum atomic E-state index is 13.8.